The number of benzene rings is 2. The molecule has 0 saturated carbocycles. The van der Waals surface area contributed by atoms with Gasteiger partial charge in [-0.15, -0.1) is 0 Å². The van der Waals surface area contributed by atoms with Crippen LogP contribution in [0.4, 0.5) is 4.39 Å². The summed E-state index contributed by atoms with van der Waals surface area (Å²) < 4.78 is 29.8. The zero-order valence-corrected chi connectivity index (χ0v) is 20.8. The average molecular weight is 522 g/mol. The molecule has 190 valence electrons. The lowest BCUT2D eigenvalue weighted by molar-refractivity contribution is -0.138. The van der Waals surface area contributed by atoms with Crippen molar-refractivity contribution in [1.29, 1.82) is 0 Å². The third-order valence-corrected chi connectivity index (χ3v) is 6.90. The number of amides is 1. The minimum Gasteiger partial charge on any atom is -0.458 e. The lowest BCUT2D eigenvalue weighted by Crippen LogP contribution is -2.38. The van der Waals surface area contributed by atoms with Crippen LogP contribution in [0.5, 0.6) is 11.5 Å². The fourth-order valence-corrected chi connectivity index (χ4v) is 5.25. The number of thioether (sulfide) groups is 1. The number of hydrogen-bond acceptors (Lipinski definition) is 8. The molecule has 0 aromatic heterocycles. The molecule has 1 N–H and O–H groups in total. The predicted molar refractivity (Wildman–Crippen MR) is 137 cm³/mol. The van der Waals surface area contributed by atoms with Gasteiger partial charge >= 0.3 is 5.97 Å². The molecule has 0 saturated heterocycles. The van der Waals surface area contributed by atoms with E-state index >= 15 is 0 Å². The van der Waals surface area contributed by atoms with Crippen molar-refractivity contribution in [2.75, 3.05) is 13.4 Å². The first-order valence-corrected chi connectivity index (χ1v) is 12.5. The Hall–Kier alpha value is -4.05. The standard InChI is InChI=1S/C27H24FN3O5S/c1-3-10-34-26(33)24-16(2)30-27-31(25(24)18-5-7-19(28)8-6-18)20(14-37-27)12-23(32)29-13-17-4-9-21-22(11-17)36-15-35-21/h3-9,11,14,25H,1,10,12-13,15H2,2H3,(H,29,32). The van der Waals surface area contributed by atoms with Crippen LogP contribution in [0.15, 0.2) is 82.5 Å². The van der Waals surface area contributed by atoms with Crippen molar-refractivity contribution >= 4 is 28.8 Å². The van der Waals surface area contributed by atoms with E-state index in [0.29, 0.717) is 45.7 Å². The Bertz CT molecular complexity index is 1350. The number of halogens is 1. The maximum Gasteiger partial charge on any atom is 0.338 e. The van der Waals surface area contributed by atoms with E-state index in [2.05, 4.69) is 16.9 Å². The van der Waals surface area contributed by atoms with Crippen LogP contribution in [0, 0.1) is 5.82 Å². The summed E-state index contributed by atoms with van der Waals surface area (Å²) in [6, 6.07) is 10.8. The van der Waals surface area contributed by atoms with Gasteiger partial charge < -0.3 is 24.4 Å². The van der Waals surface area contributed by atoms with Gasteiger partial charge in [0, 0.05) is 12.2 Å². The van der Waals surface area contributed by atoms with Gasteiger partial charge in [-0.05, 0) is 47.7 Å². The number of esters is 1. The number of ether oxygens (including phenoxy) is 3. The number of rotatable bonds is 8. The Morgan fingerprint density at radius 2 is 2.03 bits per heavy atom. The molecular formula is C27H24FN3O5S. The van der Waals surface area contributed by atoms with E-state index in [4.69, 9.17) is 14.2 Å². The molecule has 37 heavy (non-hydrogen) atoms. The molecular weight excluding hydrogens is 497 g/mol. The summed E-state index contributed by atoms with van der Waals surface area (Å²) in [6.45, 7) is 5.88. The highest BCUT2D eigenvalue weighted by Gasteiger charge is 2.41. The van der Waals surface area contributed by atoms with Gasteiger partial charge in [0.1, 0.15) is 12.4 Å². The Morgan fingerprint density at radius 3 is 2.81 bits per heavy atom. The van der Waals surface area contributed by atoms with Crippen LogP contribution in [-0.2, 0) is 20.9 Å². The van der Waals surface area contributed by atoms with E-state index < -0.39 is 12.0 Å². The zero-order valence-electron chi connectivity index (χ0n) is 20.0. The number of nitrogens with one attached hydrogen (secondary N) is 1. The second-order valence-corrected chi connectivity index (χ2v) is 9.31. The molecule has 0 fully saturated rings. The summed E-state index contributed by atoms with van der Waals surface area (Å²) in [5.41, 5.74) is 3.05. The van der Waals surface area contributed by atoms with Crippen molar-refractivity contribution in [3.05, 3.63) is 94.4 Å². The van der Waals surface area contributed by atoms with Crippen LogP contribution in [0.1, 0.15) is 30.5 Å². The highest BCUT2D eigenvalue weighted by atomic mass is 32.2. The van der Waals surface area contributed by atoms with Crippen LogP contribution in [0.2, 0.25) is 0 Å². The molecule has 3 aliphatic rings. The first kappa shape index (κ1) is 24.6. The van der Waals surface area contributed by atoms with Crippen LogP contribution in [0.3, 0.4) is 0 Å². The van der Waals surface area contributed by atoms with Gasteiger partial charge in [-0.3, -0.25) is 4.79 Å². The van der Waals surface area contributed by atoms with E-state index in [1.54, 1.807) is 19.1 Å². The molecule has 0 aliphatic carbocycles. The van der Waals surface area contributed by atoms with Crippen molar-refractivity contribution in [1.82, 2.24) is 10.2 Å². The summed E-state index contributed by atoms with van der Waals surface area (Å²) >= 11 is 1.37. The van der Waals surface area contributed by atoms with Crippen molar-refractivity contribution in [2.45, 2.75) is 25.9 Å². The number of amidine groups is 1. The first-order valence-electron chi connectivity index (χ1n) is 11.6. The Balaban J connectivity index is 1.36. The minimum atomic E-state index is -0.631. The molecule has 0 bridgehead atoms. The van der Waals surface area contributed by atoms with Gasteiger partial charge in [0.25, 0.3) is 0 Å². The topological polar surface area (TPSA) is 89.5 Å². The SMILES string of the molecule is C=CCOC(=O)C1=C(C)N=C2SC=C(CC(=O)NCc3ccc4c(c3)OCO4)N2C1c1ccc(F)cc1. The minimum absolute atomic E-state index is 0.0437. The second-order valence-electron chi connectivity index (χ2n) is 8.47. The van der Waals surface area contributed by atoms with E-state index in [9.17, 15) is 14.0 Å². The second kappa shape index (κ2) is 10.5. The summed E-state index contributed by atoms with van der Waals surface area (Å²) in [4.78, 5) is 32.4. The third-order valence-electron chi connectivity index (χ3n) is 6.01. The number of allylic oxidation sites excluding steroid dienone is 1. The number of carbonyl (C=O) groups is 2. The van der Waals surface area contributed by atoms with Gasteiger partial charge in [-0.1, -0.05) is 42.6 Å². The lowest BCUT2D eigenvalue weighted by atomic mass is 9.94. The Morgan fingerprint density at radius 1 is 1.24 bits per heavy atom. The molecule has 8 nitrogen and oxygen atoms in total. The van der Waals surface area contributed by atoms with Gasteiger partial charge in [-0.25, -0.2) is 14.2 Å². The molecule has 2 aromatic carbocycles. The number of aliphatic imine (C=N–C) groups is 1. The molecule has 1 unspecified atom stereocenters. The normalized spacial score (nSPS) is 17.7. The first-order chi connectivity index (χ1) is 17.9. The maximum absolute atomic E-state index is 13.7. The molecule has 2 aromatic rings. The van der Waals surface area contributed by atoms with Gasteiger partial charge in [0.05, 0.1) is 23.7 Å². The fourth-order valence-electron chi connectivity index (χ4n) is 4.28. The molecule has 10 heteroatoms. The molecule has 0 spiro atoms. The van der Waals surface area contributed by atoms with Gasteiger partial charge in [-0.2, -0.15) is 0 Å². The van der Waals surface area contributed by atoms with E-state index in [-0.39, 0.29) is 31.5 Å². The molecule has 0 radical (unpaired) electrons. The Labute approximate surface area is 217 Å². The van der Waals surface area contributed by atoms with Crippen molar-refractivity contribution < 1.29 is 28.2 Å². The summed E-state index contributed by atoms with van der Waals surface area (Å²) in [5.74, 6) is 0.192. The van der Waals surface area contributed by atoms with Crippen molar-refractivity contribution in [3.63, 3.8) is 0 Å². The lowest BCUT2D eigenvalue weighted by Gasteiger charge is -2.36. The van der Waals surface area contributed by atoms with Crippen LogP contribution >= 0.6 is 11.8 Å². The molecule has 1 atom stereocenters. The molecule has 1 amide bonds. The summed E-state index contributed by atoms with van der Waals surface area (Å²) in [7, 11) is 0. The number of hydrogen-bond donors (Lipinski definition) is 1. The van der Waals surface area contributed by atoms with Crippen LogP contribution < -0.4 is 14.8 Å². The highest BCUT2D eigenvalue weighted by molar-refractivity contribution is 8.16. The smallest absolute Gasteiger partial charge is 0.338 e. The van der Waals surface area contributed by atoms with E-state index in [1.807, 2.05) is 28.5 Å². The fraction of sp³-hybridized carbons (Fsp3) is 0.222. The predicted octanol–water partition coefficient (Wildman–Crippen LogP) is 4.57. The zero-order chi connectivity index (χ0) is 25.9. The van der Waals surface area contributed by atoms with Gasteiger partial charge in [0.15, 0.2) is 16.7 Å². The highest BCUT2D eigenvalue weighted by Crippen LogP contribution is 2.44. The third kappa shape index (κ3) is 5.10. The monoisotopic (exact) mass is 521 g/mol. The van der Waals surface area contributed by atoms with Crippen LogP contribution in [-0.4, -0.2) is 35.3 Å². The van der Waals surface area contributed by atoms with Crippen LogP contribution in [0.25, 0.3) is 0 Å². The molecule has 3 heterocycles. The summed E-state index contributed by atoms with van der Waals surface area (Å²) in [5, 5.41) is 5.41. The van der Waals surface area contributed by atoms with E-state index in [1.165, 1.54) is 30.0 Å². The van der Waals surface area contributed by atoms with Crippen molar-refractivity contribution in [3.8, 4) is 11.5 Å². The average Bonchev–Trinajstić information content (AvgIpc) is 3.52. The quantitative estimate of drug-likeness (QED) is 0.402. The van der Waals surface area contributed by atoms with E-state index in [0.717, 1.165) is 5.56 Å². The van der Waals surface area contributed by atoms with Crippen molar-refractivity contribution in [2.24, 2.45) is 4.99 Å². The van der Waals surface area contributed by atoms with Gasteiger partial charge in [0.2, 0.25) is 12.7 Å². The Kier molecular flexibility index (Phi) is 7.00. The molecule has 5 rings (SSSR count). The maximum atomic E-state index is 13.7. The largest absolute Gasteiger partial charge is 0.458 e. The summed E-state index contributed by atoms with van der Waals surface area (Å²) in [6.07, 6.45) is 1.54. The number of fused-ring (bicyclic) bond motifs is 2. The number of nitrogens with zero attached hydrogens (tertiary/aromatic N) is 2. The number of carbonyl (C=O) groups excluding carboxylic acids is 2. The molecule has 3 aliphatic heterocycles.